The molecule has 1 aliphatic carbocycles. The van der Waals surface area contributed by atoms with Crippen LogP contribution in [0.3, 0.4) is 0 Å². The molecular weight excluding hydrogens is 190 g/mol. The van der Waals surface area contributed by atoms with Crippen molar-refractivity contribution in [2.75, 3.05) is 0 Å². The van der Waals surface area contributed by atoms with E-state index in [9.17, 15) is 10.2 Å². The van der Waals surface area contributed by atoms with E-state index in [1.54, 1.807) is 24.4 Å². The first-order valence-electron chi connectivity index (χ1n) is 4.86. The van der Waals surface area contributed by atoms with Crippen LogP contribution >= 0.6 is 0 Å². The molecule has 0 fully saturated rings. The van der Waals surface area contributed by atoms with E-state index in [1.165, 1.54) is 0 Å². The first-order chi connectivity index (χ1) is 7.20. The molecule has 0 amide bonds. The van der Waals surface area contributed by atoms with Crippen molar-refractivity contribution in [1.82, 2.24) is 4.98 Å². The first kappa shape index (κ1) is 10.1. The number of pyridine rings is 1. The van der Waals surface area contributed by atoms with Gasteiger partial charge in [-0.25, -0.2) is 0 Å². The third kappa shape index (κ3) is 1.84. The zero-order valence-corrected chi connectivity index (χ0v) is 8.46. The Morgan fingerprint density at radius 3 is 2.87 bits per heavy atom. The minimum Gasteiger partial charge on any atom is -0.386 e. The van der Waals surface area contributed by atoms with Crippen molar-refractivity contribution in [3.8, 4) is 0 Å². The second-order valence-corrected chi connectivity index (χ2v) is 3.61. The van der Waals surface area contributed by atoms with Crippen molar-refractivity contribution in [2.45, 2.75) is 19.1 Å². The summed E-state index contributed by atoms with van der Waals surface area (Å²) in [5.74, 6) is 0. The summed E-state index contributed by atoms with van der Waals surface area (Å²) in [6, 6.07) is 3.78. The van der Waals surface area contributed by atoms with Gasteiger partial charge in [0.15, 0.2) is 0 Å². The van der Waals surface area contributed by atoms with Gasteiger partial charge in [-0.3, -0.25) is 4.98 Å². The second kappa shape index (κ2) is 3.96. The molecule has 2 atom stereocenters. The highest BCUT2D eigenvalue weighted by Gasteiger charge is 2.23. The number of hydrogen-bond donors (Lipinski definition) is 2. The molecule has 15 heavy (non-hydrogen) atoms. The fraction of sp³-hybridized carbons (Fsp3) is 0.250. The lowest BCUT2D eigenvalue weighted by Gasteiger charge is -2.21. The van der Waals surface area contributed by atoms with Gasteiger partial charge in [0.05, 0.1) is 5.69 Å². The number of rotatable bonds is 1. The molecule has 0 saturated carbocycles. The summed E-state index contributed by atoms with van der Waals surface area (Å²) in [6.07, 6.45) is 5.04. The van der Waals surface area contributed by atoms with Gasteiger partial charge in [-0.05, 0) is 18.6 Å². The lowest BCUT2D eigenvalue weighted by atomic mass is 9.94. The van der Waals surface area contributed by atoms with Crippen LogP contribution in [0, 0.1) is 6.92 Å². The highest BCUT2D eigenvalue weighted by Crippen LogP contribution is 2.24. The second-order valence-electron chi connectivity index (χ2n) is 3.61. The van der Waals surface area contributed by atoms with Crippen LogP contribution in [0.4, 0.5) is 0 Å². The van der Waals surface area contributed by atoms with E-state index >= 15 is 0 Å². The monoisotopic (exact) mass is 203 g/mol. The molecule has 0 aliphatic heterocycles. The van der Waals surface area contributed by atoms with Crippen LogP contribution in [0.25, 0.3) is 5.57 Å². The predicted molar refractivity (Wildman–Crippen MR) is 58.1 cm³/mol. The zero-order chi connectivity index (χ0) is 10.8. The van der Waals surface area contributed by atoms with Crippen molar-refractivity contribution >= 4 is 5.57 Å². The summed E-state index contributed by atoms with van der Waals surface area (Å²) in [5, 5.41) is 19.3. The molecule has 1 aromatic rings. The molecule has 1 aromatic heterocycles. The van der Waals surface area contributed by atoms with Crippen molar-refractivity contribution in [3.05, 3.63) is 47.8 Å². The molecule has 0 radical (unpaired) electrons. The van der Waals surface area contributed by atoms with E-state index < -0.39 is 12.2 Å². The molecule has 0 bridgehead atoms. The first-order valence-corrected chi connectivity index (χ1v) is 4.86. The fourth-order valence-corrected chi connectivity index (χ4v) is 1.67. The summed E-state index contributed by atoms with van der Waals surface area (Å²) in [7, 11) is 0. The highest BCUT2D eigenvalue weighted by atomic mass is 16.3. The van der Waals surface area contributed by atoms with Crippen molar-refractivity contribution in [3.63, 3.8) is 0 Å². The smallest absolute Gasteiger partial charge is 0.111 e. The van der Waals surface area contributed by atoms with Gasteiger partial charge in [-0.1, -0.05) is 24.3 Å². The Hall–Kier alpha value is -1.45. The number of aliphatic hydroxyl groups excluding tert-OH is 2. The summed E-state index contributed by atoms with van der Waals surface area (Å²) in [6.45, 7) is 1.93. The molecule has 2 unspecified atom stereocenters. The minimum absolute atomic E-state index is 0.670. The lowest BCUT2D eigenvalue weighted by molar-refractivity contribution is 0.0857. The molecule has 78 valence electrons. The molecule has 0 saturated heterocycles. The summed E-state index contributed by atoms with van der Waals surface area (Å²) in [4.78, 5) is 4.21. The zero-order valence-electron chi connectivity index (χ0n) is 8.46. The molecule has 3 nitrogen and oxygen atoms in total. The normalized spacial score (nSPS) is 25.1. The van der Waals surface area contributed by atoms with Crippen molar-refractivity contribution in [1.29, 1.82) is 0 Å². The standard InChI is InChI=1S/C12H13NO2/c1-8-4-3-7-13-11(8)9-5-2-6-10(14)12(9)15/h2-7,10,12,14-15H,1H3. The molecule has 0 spiro atoms. The van der Waals surface area contributed by atoms with Crippen LogP contribution in [-0.4, -0.2) is 27.4 Å². The van der Waals surface area contributed by atoms with Crippen LogP contribution < -0.4 is 0 Å². The largest absolute Gasteiger partial charge is 0.386 e. The van der Waals surface area contributed by atoms with Crippen LogP contribution in [0.15, 0.2) is 36.6 Å². The fourth-order valence-electron chi connectivity index (χ4n) is 1.67. The SMILES string of the molecule is Cc1cccnc1C1=CC=CC(O)C1O. The van der Waals surface area contributed by atoms with Gasteiger partial charge in [0.25, 0.3) is 0 Å². The number of allylic oxidation sites excluding steroid dienone is 2. The van der Waals surface area contributed by atoms with E-state index in [4.69, 9.17) is 0 Å². The Morgan fingerprint density at radius 1 is 1.33 bits per heavy atom. The van der Waals surface area contributed by atoms with Crippen LogP contribution in [0.1, 0.15) is 11.3 Å². The summed E-state index contributed by atoms with van der Waals surface area (Å²) >= 11 is 0. The highest BCUT2D eigenvalue weighted by molar-refractivity contribution is 5.71. The van der Waals surface area contributed by atoms with Gasteiger partial charge in [-0.2, -0.15) is 0 Å². The Morgan fingerprint density at radius 2 is 2.13 bits per heavy atom. The van der Waals surface area contributed by atoms with E-state index in [2.05, 4.69) is 4.98 Å². The Balaban J connectivity index is 2.43. The number of aliphatic hydroxyl groups is 2. The summed E-state index contributed by atoms with van der Waals surface area (Å²) < 4.78 is 0. The van der Waals surface area contributed by atoms with E-state index in [0.29, 0.717) is 5.57 Å². The Bertz CT molecular complexity index is 423. The minimum atomic E-state index is -0.886. The number of aryl methyl sites for hydroxylation is 1. The molecule has 3 heteroatoms. The lowest BCUT2D eigenvalue weighted by Crippen LogP contribution is -2.27. The van der Waals surface area contributed by atoms with Gasteiger partial charge < -0.3 is 10.2 Å². The molecule has 0 aromatic carbocycles. The van der Waals surface area contributed by atoms with E-state index in [-0.39, 0.29) is 0 Å². The van der Waals surface area contributed by atoms with Crippen LogP contribution in [0.5, 0.6) is 0 Å². The number of nitrogens with zero attached hydrogens (tertiary/aromatic N) is 1. The molecule has 1 aliphatic rings. The van der Waals surface area contributed by atoms with Gasteiger partial charge in [0, 0.05) is 11.8 Å². The van der Waals surface area contributed by atoms with Crippen LogP contribution in [-0.2, 0) is 0 Å². The van der Waals surface area contributed by atoms with E-state index in [0.717, 1.165) is 11.3 Å². The Kier molecular flexibility index (Phi) is 2.66. The predicted octanol–water partition coefficient (Wildman–Crippen LogP) is 1.07. The van der Waals surface area contributed by atoms with Gasteiger partial charge in [0.2, 0.25) is 0 Å². The third-order valence-corrected chi connectivity index (χ3v) is 2.51. The average molecular weight is 203 g/mol. The maximum atomic E-state index is 9.81. The van der Waals surface area contributed by atoms with Crippen LogP contribution in [0.2, 0.25) is 0 Å². The van der Waals surface area contributed by atoms with Gasteiger partial charge in [-0.15, -0.1) is 0 Å². The van der Waals surface area contributed by atoms with E-state index in [1.807, 2.05) is 19.1 Å². The molecule has 1 heterocycles. The van der Waals surface area contributed by atoms with Gasteiger partial charge >= 0.3 is 0 Å². The molecular formula is C12H13NO2. The molecule has 2 N–H and O–H groups in total. The maximum Gasteiger partial charge on any atom is 0.111 e. The van der Waals surface area contributed by atoms with Crippen molar-refractivity contribution < 1.29 is 10.2 Å². The maximum absolute atomic E-state index is 9.81. The molecule has 2 rings (SSSR count). The number of aromatic nitrogens is 1. The Labute approximate surface area is 88.4 Å². The number of hydrogen-bond acceptors (Lipinski definition) is 3. The third-order valence-electron chi connectivity index (χ3n) is 2.51. The summed E-state index contributed by atoms with van der Waals surface area (Å²) in [5.41, 5.74) is 2.40. The van der Waals surface area contributed by atoms with Crippen molar-refractivity contribution in [2.24, 2.45) is 0 Å². The topological polar surface area (TPSA) is 53.4 Å². The van der Waals surface area contributed by atoms with Gasteiger partial charge in [0.1, 0.15) is 12.2 Å². The average Bonchev–Trinajstić information content (AvgIpc) is 2.23. The quantitative estimate of drug-likeness (QED) is 0.717.